The van der Waals surface area contributed by atoms with Crippen LogP contribution in [0.4, 0.5) is 14.5 Å². The van der Waals surface area contributed by atoms with Gasteiger partial charge in [-0.15, -0.1) is 0 Å². The minimum absolute atomic E-state index is 0.488. The topological polar surface area (TPSA) is 37.8 Å². The summed E-state index contributed by atoms with van der Waals surface area (Å²) in [6.45, 7) is 1.41. The van der Waals surface area contributed by atoms with Gasteiger partial charge >= 0.3 is 0 Å². The molecule has 1 N–H and O–H groups in total. The van der Waals surface area contributed by atoms with Gasteiger partial charge in [0, 0.05) is 5.56 Å². The minimum Gasteiger partial charge on any atom is -0.374 e. The highest BCUT2D eigenvalue weighted by atomic mass is 19.3. The van der Waals surface area contributed by atoms with Crippen molar-refractivity contribution >= 4 is 5.69 Å². The molecule has 18 heavy (non-hydrogen) atoms. The number of nitrogens with one attached hydrogen (secondary N) is 1. The molecule has 1 aromatic heterocycles. The lowest BCUT2D eigenvalue weighted by Crippen LogP contribution is -2.23. The Morgan fingerprint density at radius 3 is 2.22 bits per heavy atom. The van der Waals surface area contributed by atoms with Crippen molar-refractivity contribution in [2.45, 2.75) is 19.4 Å². The Kier molecular flexibility index (Phi) is 3.82. The third-order valence-corrected chi connectivity index (χ3v) is 2.46. The van der Waals surface area contributed by atoms with Crippen molar-refractivity contribution in [1.82, 2.24) is 9.97 Å². The van der Waals surface area contributed by atoms with E-state index in [1.54, 1.807) is 0 Å². The third-order valence-electron chi connectivity index (χ3n) is 2.46. The van der Waals surface area contributed by atoms with Gasteiger partial charge in [-0.3, -0.25) is 0 Å². The Balaban J connectivity index is 2.11. The van der Waals surface area contributed by atoms with Gasteiger partial charge in [0.15, 0.2) is 5.82 Å². The van der Waals surface area contributed by atoms with Gasteiger partial charge in [0.25, 0.3) is 6.43 Å². The highest BCUT2D eigenvalue weighted by Gasteiger charge is 2.14. The Morgan fingerprint density at radius 2 is 1.67 bits per heavy atom. The molecule has 2 aromatic rings. The fourth-order valence-electron chi connectivity index (χ4n) is 1.46. The highest BCUT2D eigenvalue weighted by molar-refractivity contribution is 5.55. The fraction of sp³-hybridized carbons (Fsp3) is 0.231. The third kappa shape index (κ3) is 3.00. The van der Waals surface area contributed by atoms with E-state index in [0.717, 1.165) is 5.56 Å². The van der Waals surface area contributed by atoms with Crippen LogP contribution >= 0.6 is 0 Å². The number of hydrogen-bond donors (Lipinski definition) is 1. The van der Waals surface area contributed by atoms with Crippen LogP contribution in [0.15, 0.2) is 42.7 Å². The fourth-order valence-corrected chi connectivity index (χ4v) is 1.46. The smallest absolute Gasteiger partial charge is 0.258 e. The summed E-state index contributed by atoms with van der Waals surface area (Å²) in [5.74, 6) is 0.575. The average Bonchev–Trinajstić information content (AvgIpc) is 2.40. The molecule has 94 valence electrons. The van der Waals surface area contributed by atoms with Crippen LogP contribution in [-0.2, 0) is 0 Å². The zero-order chi connectivity index (χ0) is 13.0. The van der Waals surface area contributed by atoms with Crippen LogP contribution in [-0.4, -0.2) is 22.4 Å². The van der Waals surface area contributed by atoms with Crippen LogP contribution in [0, 0.1) is 0 Å². The van der Waals surface area contributed by atoms with Gasteiger partial charge in [-0.25, -0.2) is 18.7 Å². The zero-order valence-corrected chi connectivity index (χ0v) is 9.85. The van der Waals surface area contributed by atoms with Crippen molar-refractivity contribution in [1.29, 1.82) is 0 Å². The second-order valence-electron chi connectivity index (χ2n) is 3.93. The van der Waals surface area contributed by atoms with Crippen molar-refractivity contribution < 1.29 is 8.78 Å². The Morgan fingerprint density at radius 1 is 1.06 bits per heavy atom. The average molecular weight is 249 g/mol. The summed E-state index contributed by atoms with van der Waals surface area (Å²) in [7, 11) is 0. The van der Waals surface area contributed by atoms with Gasteiger partial charge < -0.3 is 5.32 Å². The SMILES string of the molecule is CC(Nc1cnc(-c2ccccc2)nc1)C(F)F. The summed E-state index contributed by atoms with van der Waals surface area (Å²) in [4.78, 5) is 8.29. The number of aromatic nitrogens is 2. The molecule has 0 saturated heterocycles. The molecule has 0 bridgehead atoms. The summed E-state index contributed by atoms with van der Waals surface area (Å²) in [6, 6.07) is 8.56. The molecule has 0 fully saturated rings. The number of alkyl halides is 2. The Hall–Kier alpha value is -2.04. The van der Waals surface area contributed by atoms with Crippen LogP contribution in [0.5, 0.6) is 0 Å². The quantitative estimate of drug-likeness (QED) is 0.904. The first-order valence-electron chi connectivity index (χ1n) is 5.59. The summed E-state index contributed by atoms with van der Waals surface area (Å²) in [5.41, 5.74) is 1.38. The summed E-state index contributed by atoms with van der Waals surface area (Å²) >= 11 is 0. The van der Waals surface area contributed by atoms with E-state index in [1.807, 2.05) is 30.3 Å². The van der Waals surface area contributed by atoms with Crippen LogP contribution in [0.2, 0.25) is 0 Å². The molecule has 2 rings (SSSR count). The highest BCUT2D eigenvalue weighted by Crippen LogP contribution is 2.16. The molecule has 1 unspecified atom stereocenters. The van der Waals surface area contributed by atoms with E-state index in [-0.39, 0.29) is 0 Å². The molecular weight excluding hydrogens is 236 g/mol. The molecule has 0 spiro atoms. The number of nitrogens with zero attached hydrogens (tertiary/aromatic N) is 2. The monoisotopic (exact) mass is 249 g/mol. The van der Waals surface area contributed by atoms with Crippen molar-refractivity contribution in [2.24, 2.45) is 0 Å². The lowest BCUT2D eigenvalue weighted by molar-refractivity contribution is 0.130. The standard InChI is InChI=1S/C13H13F2N3/c1-9(12(14)15)18-11-7-16-13(17-8-11)10-5-3-2-4-6-10/h2-9,12,18H,1H3. The van der Waals surface area contributed by atoms with Crippen LogP contribution < -0.4 is 5.32 Å². The largest absolute Gasteiger partial charge is 0.374 e. The van der Waals surface area contributed by atoms with E-state index in [2.05, 4.69) is 15.3 Å². The molecule has 0 saturated carbocycles. The minimum atomic E-state index is -2.42. The molecule has 0 aliphatic heterocycles. The van der Waals surface area contributed by atoms with E-state index >= 15 is 0 Å². The van der Waals surface area contributed by atoms with Crippen LogP contribution in [0.3, 0.4) is 0 Å². The molecule has 1 aromatic carbocycles. The molecule has 1 heterocycles. The predicted molar refractivity (Wildman–Crippen MR) is 66.6 cm³/mol. The zero-order valence-electron chi connectivity index (χ0n) is 9.85. The van der Waals surface area contributed by atoms with Gasteiger partial charge in [0.1, 0.15) is 0 Å². The first-order chi connectivity index (χ1) is 8.66. The predicted octanol–water partition coefficient (Wildman–Crippen LogP) is 3.21. The maximum absolute atomic E-state index is 12.4. The van der Waals surface area contributed by atoms with Crippen LogP contribution in [0.1, 0.15) is 6.92 Å². The molecule has 1 atom stereocenters. The van der Waals surface area contributed by atoms with Gasteiger partial charge in [0.05, 0.1) is 24.1 Å². The van der Waals surface area contributed by atoms with E-state index in [1.165, 1.54) is 19.3 Å². The first-order valence-corrected chi connectivity index (χ1v) is 5.59. The van der Waals surface area contributed by atoms with E-state index < -0.39 is 12.5 Å². The Bertz CT molecular complexity index is 485. The number of hydrogen-bond acceptors (Lipinski definition) is 3. The number of halogens is 2. The second-order valence-corrected chi connectivity index (χ2v) is 3.93. The molecule has 0 amide bonds. The molecule has 5 heteroatoms. The Labute approximate surface area is 104 Å². The van der Waals surface area contributed by atoms with E-state index in [9.17, 15) is 8.78 Å². The van der Waals surface area contributed by atoms with Crippen molar-refractivity contribution in [3.8, 4) is 11.4 Å². The summed E-state index contributed by atoms with van der Waals surface area (Å²) in [6.07, 6.45) is 0.599. The lowest BCUT2D eigenvalue weighted by atomic mass is 10.2. The normalized spacial score (nSPS) is 12.4. The van der Waals surface area contributed by atoms with Gasteiger partial charge in [-0.2, -0.15) is 0 Å². The number of benzene rings is 1. The van der Waals surface area contributed by atoms with Gasteiger partial charge in [-0.1, -0.05) is 30.3 Å². The van der Waals surface area contributed by atoms with E-state index in [4.69, 9.17) is 0 Å². The molecule has 3 nitrogen and oxygen atoms in total. The second kappa shape index (κ2) is 5.53. The van der Waals surface area contributed by atoms with Crippen molar-refractivity contribution in [3.05, 3.63) is 42.7 Å². The first kappa shape index (κ1) is 12.4. The van der Waals surface area contributed by atoms with Gasteiger partial charge in [-0.05, 0) is 6.92 Å². The number of rotatable bonds is 4. The summed E-state index contributed by atoms with van der Waals surface area (Å²) in [5, 5.41) is 2.64. The molecule has 0 aliphatic rings. The van der Waals surface area contributed by atoms with E-state index in [0.29, 0.717) is 11.5 Å². The van der Waals surface area contributed by atoms with Crippen molar-refractivity contribution in [2.75, 3.05) is 5.32 Å². The van der Waals surface area contributed by atoms with Gasteiger partial charge in [0.2, 0.25) is 0 Å². The van der Waals surface area contributed by atoms with Crippen LogP contribution in [0.25, 0.3) is 11.4 Å². The van der Waals surface area contributed by atoms with Crippen molar-refractivity contribution in [3.63, 3.8) is 0 Å². The number of anilines is 1. The molecular formula is C13H13F2N3. The maximum atomic E-state index is 12.4. The summed E-state index contributed by atoms with van der Waals surface area (Å²) < 4.78 is 24.7. The molecule has 0 radical (unpaired) electrons. The maximum Gasteiger partial charge on any atom is 0.258 e. The molecule has 0 aliphatic carbocycles. The lowest BCUT2D eigenvalue weighted by Gasteiger charge is -2.13.